The fourth-order valence-corrected chi connectivity index (χ4v) is 3.03. The fraction of sp³-hybridized carbons (Fsp3) is 0.765. The molecule has 0 spiro atoms. The Bertz CT molecular complexity index is 341. The first-order valence-electron chi connectivity index (χ1n) is 6.84. The van der Waals surface area contributed by atoms with E-state index in [1.165, 1.54) is 6.42 Å². The first-order valence-corrected chi connectivity index (χ1v) is 6.84. The molecule has 0 amide bonds. The van der Waals surface area contributed by atoms with Crippen molar-refractivity contribution in [2.24, 2.45) is 16.7 Å². The summed E-state index contributed by atoms with van der Waals surface area (Å²) in [7, 11) is 0. The molecule has 0 heteroatoms. The van der Waals surface area contributed by atoms with E-state index in [-0.39, 0.29) is 5.41 Å². The summed E-state index contributed by atoms with van der Waals surface area (Å²) in [5.41, 5.74) is 7.02. The molecule has 0 bridgehead atoms. The highest BCUT2D eigenvalue weighted by Crippen LogP contribution is 2.48. The van der Waals surface area contributed by atoms with E-state index in [9.17, 15) is 0 Å². The van der Waals surface area contributed by atoms with Crippen LogP contribution in [0.15, 0.2) is 22.3 Å². The van der Waals surface area contributed by atoms with Crippen LogP contribution in [0.3, 0.4) is 0 Å². The molecule has 0 nitrogen and oxygen atoms in total. The molecule has 0 N–H and O–H groups in total. The van der Waals surface area contributed by atoms with Gasteiger partial charge in [-0.1, -0.05) is 56.9 Å². The molecule has 0 saturated carbocycles. The van der Waals surface area contributed by atoms with Gasteiger partial charge in [-0.3, -0.25) is 0 Å². The molecule has 17 heavy (non-hydrogen) atoms. The lowest BCUT2D eigenvalue weighted by Crippen LogP contribution is -2.28. The minimum atomic E-state index is 0.253. The quantitative estimate of drug-likeness (QED) is 0.507. The third kappa shape index (κ3) is 2.67. The zero-order chi connectivity index (χ0) is 13.6. The third-order valence-electron chi connectivity index (χ3n) is 4.92. The molecule has 0 atom stereocenters. The van der Waals surface area contributed by atoms with E-state index in [2.05, 4.69) is 62.3 Å². The van der Waals surface area contributed by atoms with Crippen LogP contribution in [0.2, 0.25) is 0 Å². The van der Waals surface area contributed by atoms with Gasteiger partial charge in [0, 0.05) is 11.3 Å². The molecule has 1 aliphatic rings. The van der Waals surface area contributed by atoms with Crippen LogP contribution in [-0.4, -0.2) is 0 Å². The van der Waals surface area contributed by atoms with E-state index in [0.717, 1.165) is 0 Å². The van der Waals surface area contributed by atoms with Crippen LogP contribution in [0.5, 0.6) is 0 Å². The maximum Gasteiger partial charge on any atom is 0.00640 e. The molecule has 1 rings (SSSR count). The van der Waals surface area contributed by atoms with Gasteiger partial charge < -0.3 is 0 Å². The van der Waals surface area contributed by atoms with Gasteiger partial charge in [0.15, 0.2) is 0 Å². The summed E-state index contributed by atoms with van der Waals surface area (Å²) in [5, 5.41) is 0. The smallest absolute Gasteiger partial charge is 0.00640 e. The largest absolute Gasteiger partial charge is 0.0664 e. The molecule has 1 aliphatic carbocycles. The number of hydrogen-bond donors (Lipinski definition) is 0. The molecule has 0 radical (unpaired) electrons. The summed E-state index contributed by atoms with van der Waals surface area (Å²) in [5.74, 6) is 0.656. The van der Waals surface area contributed by atoms with Gasteiger partial charge in [-0.25, -0.2) is 0 Å². The number of hydrogen-bond acceptors (Lipinski definition) is 0. The predicted molar refractivity (Wildman–Crippen MR) is 78.1 cm³/mol. The topological polar surface area (TPSA) is 0 Å². The van der Waals surface area contributed by atoms with Crippen molar-refractivity contribution in [3.8, 4) is 0 Å². The summed E-state index contributed by atoms with van der Waals surface area (Å²) >= 11 is 0. The zero-order valence-electron chi connectivity index (χ0n) is 13.3. The summed E-state index contributed by atoms with van der Waals surface area (Å²) in [6.07, 6.45) is 1.26. The molecular weight excluding hydrogens is 204 g/mol. The molecule has 98 valence electrons. The van der Waals surface area contributed by atoms with Crippen molar-refractivity contribution in [3.05, 3.63) is 22.3 Å². The van der Waals surface area contributed by atoms with Gasteiger partial charge in [0.1, 0.15) is 0 Å². The fourth-order valence-electron chi connectivity index (χ4n) is 3.03. The first kappa shape index (κ1) is 14.5. The van der Waals surface area contributed by atoms with Crippen LogP contribution in [0.4, 0.5) is 0 Å². The van der Waals surface area contributed by atoms with E-state index < -0.39 is 0 Å². The normalized spacial score (nSPS) is 22.4. The van der Waals surface area contributed by atoms with Crippen LogP contribution in [-0.2, 0) is 0 Å². The van der Waals surface area contributed by atoms with Crippen molar-refractivity contribution in [2.45, 2.75) is 68.7 Å². The number of rotatable bonds is 1. The van der Waals surface area contributed by atoms with Crippen molar-refractivity contribution < 1.29 is 0 Å². The molecule has 0 fully saturated rings. The monoisotopic (exact) mass is 234 g/mol. The first-order chi connectivity index (χ1) is 7.48. The highest BCUT2D eigenvalue weighted by atomic mass is 14.4. The van der Waals surface area contributed by atoms with Crippen LogP contribution in [0.1, 0.15) is 68.7 Å². The second-order valence-corrected chi connectivity index (χ2v) is 7.56. The molecule has 0 unspecified atom stereocenters. The Labute approximate surface area is 108 Å². The lowest BCUT2D eigenvalue weighted by molar-refractivity contribution is 0.324. The third-order valence-corrected chi connectivity index (χ3v) is 4.92. The number of allylic oxidation sites excluding steroid dienone is 4. The van der Waals surface area contributed by atoms with Gasteiger partial charge >= 0.3 is 0 Å². The predicted octanol–water partition coefficient (Wildman–Crippen LogP) is 5.75. The van der Waals surface area contributed by atoms with Crippen LogP contribution < -0.4 is 0 Å². The molecule has 0 aromatic carbocycles. The van der Waals surface area contributed by atoms with Crippen LogP contribution in [0.25, 0.3) is 0 Å². The van der Waals surface area contributed by atoms with Crippen molar-refractivity contribution in [3.63, 3.8) is 0 Å². The summed E-state index contributed by atoms with van der Waals surface area (Å²) in [6.45, 7) is 21.1. The van der Waals surface area contributed by atoms with Gasteiger partial charge in [0.05, 0.1) is 0 Å². The van der Waals surface area contributed by atoms with Crippen molar-refractivity contribution in [1.29, 1.82) is 0 Å². The molecular formula is C17H30. The van der Waals surface area contributed by atoms with Gasteiger partial charge in [0.25, 0.3) is 0 Å². The molecule has 0 aliphatic heterocycles. The Hall–Kier alpha value is -0.520. The van der Waals surface area contributed by atoms with Crippen molar-refractivity contribution >= 4 is 0 Å². The Kier molecular flexibility index (Phi) is 3.68. The Morgan fingerprint density at radius 1 is 0.882 bits per heavy atom. The van der Waals surface area contributed by atoms with E-state index in [1.54, 1.807) is 22.3 Å². The lowest BCUT2D eigenvalue weighted by Gasteiger charge is -2.41. The van der Waals surface area contributed by atoms with Gasteiger partial charge in [0.2, 0.25) is 0 Å². The zero-order valence-corrected chi connectivity index (χ0v) is 13.3. The SMILES string of the molecule is CC1=C(C)C(C)(C)C(C)=C(C)C1CC(C)(C)C. The summed E-state index contributed by atoms with van der Waals surface area (Å²) < 4.78 is 0. The lowest BCUT2D eigenvalue weighted by atomic mass is 9.64. The maximum atomic E-state index is 2.36. The van der Waals surface area contributed by atoms with Crippen molar-refractivity contribution in [2.75, 3.05) is 0 Å². The average Bonchev–Trinajstić information content (AvgIpc) is 2.18. The van der Waals surface area contributed by atoms with E-state index >= 15 is 0 Å². The molecule has 0 aromatic heterocycles. The minimum Gasteiger partial charge on any atom is -0.0664 e. The molecule has 0 aromatic rings. The highest BCUT2D eigenvalue weighted by Gasteiger charge is 2.35. The Morgan fingerprint density at radius 3 is 1.53 bits per heavy atom. The van der Waals surface area contributed by atoms with Crippen molar-refractivity contribution in [1.82, 2.24) is 0 Å². The van der Waals surface area contributed by atoms with Crippen LogP contribution >= 0.6 is 0 Å². The van der Waals surface area contributed by atoms with Gasteiger partial charge in [-0.05, 0) is 39.5 Å². The average molecular weight is 234 g/mol. The van der Waals surface area contributed by atoms with Crippen LogP contribution in [0, 0.1) is 16.7 Å². The minimum absolute atomic E-state index is 0.253. The maximum absolute atomic E-state index is 2.36. The Balaban J connectivity index is 3.22. The summed E-state index contributed by atoms with van der Waals surface area (Å²) in [6, 6.07) is 0. The van der Waals surface area contributed by atoms with E-state index in [4.69, 9.17) is 0 Å². The van der Waals surface area contributed by atoms with E-state index in [1.807, 2.05) is 0 Å². The van der Waals surface area contributed by atoms with Gasteiger partial charge in [-0.2, -0.15) is 0 Å². The highest BCUT2D eigenvalue weighted by molar-refractivity contribution is 5.41. The van der Waals surface area contributed by atoms with Gasteiger partial charge in [-0.15, -0.1) is 0 Å². The standard InChI is InChI=1S/C17H30/c1-11-13(3)17(8,9)14(4)12(2)15(11)10-16(5,6)7/h15H,10H2,1-9H3. The second kappa shape index (κ2) is 4.30. The molecule has 0 saturated heterocycles. The van der Waals surface area contributed by atoms with E-state index in [0.29, 0.717) is 11.3 Å². The molecule has 0 heterocycles. The Morgan fingerprint density at radius 2 is 1.24 bits per heavy atom. The second-order valence-electron chi connectivity index (χ2n) is 7.56. The summed E-state index contributed by atoms with van der Waals surface area (Å²) in [4.78, 5) is 0.